The molecule has 3 rings (SSSR count). The van der Waals surface area contributed by atoms with E-state index in [1.165, 1.54) is 25.5 Å². The fourth-order valence-corrected chi connectivity index (χ4v) is 2.50. The number of hydrogen-bond acceptors (Lipinski definition) is 4. The Kier molecular flexibility index (Phi) is 4.94. The van der Waals surface area contributed by atoms with E-state index < -0.39 is 11.9 Å². The summed E-state index contributed by atoms with van der Waals surface area (Å²) in [6.07, 6.45) is 1.44. The Morgan fingerprint density at radius 3 is 2.31 bits per heavy atom. The lowest BCUT2D eigenvalue weighted by atomic mass is 10.1. The first-order valence-electron chi connectivity index (χ1n) is 7.82. The molecule has 3 aromatic carbocycles. The molecule has 0 saturated heterocycles. The molecule has 2 N–H and O–H groups in total. The van der Waals surface area contributed by atoms with Gasteiger partial charge in [-0.1, -0.05) is 36.4 Å². The molecule has 0 aromatic heterocycles. The number of amides is 1. The molecule has 0 fully saturated rings. The molecule has 1 amide bonds. The smallest absolute Gasteiger partial charge is 0.335 e. The fourth-order valence-electron chi connectivity index (χ4n) is 2.50. The molecule has 0 unspecified atom stereocenters. The van der Waals surface area contributed by atoms with E-state index in [0.717, 1.165) is 10.8 Å². The SMILES string of the molecule is COc1cc2ccccc2cc1C(=O)N/N=C/c1ccc(C(=O)O)cc1. The van der Waals surface area contributed by atoms with E-state index >= 15 is 0 Å². The highest BCUT2D eigenvalue weighted by Gasteiger charge is 2.13. The summed E-state index contributed by atoms with van der Waals surface area (Å²) in [6, 6.07) is 17.4. The number of methoxy groups -OCH3 is 1. The maximum atomic E-state index is 12.4. The number of carboxylic acid groups (broad SMARTS) is 1. The fraction of sp³-hybridized carbons (Fsp3) is 0.0500. The minimum atomic E-state index is -0.995. The van der Waals surface area contributed by atoms with Gasteiger partial charge in [0.15, 0.2) is 0 Å². The number of fused-ring (bicyclic) bond motifs is 1. The second-order valence-electron chi connectivity index (χ2n) is 5.53. The molecular weight excluding hydrogens is 332 g/mol. The minimum Gasteiger partial charge on any atom is -0.496 e. The third kappa shape index (κ3) is 3.70. The Bertz CT molecular complexity index is 994. The Morgan fingerprint density at radius 2 is 1.69 bits per heavy atom. The average Bonchev–Trinajstić information content (AvgIpc) is 2.67. The van der Waals surface area contributed by atoms with Crippen LogP contribution in [0.1, 0.15) is 26.3 Å². The molecule has 0 saturated carbocycles. The lowest BCUT2D eigenvalue weighted by Gasteiger charge is -2.09. The summed E-state index contributed by atoms with van der Waals surface area (Å²) in [5, 5.41) is 14.7. The zero-order valence-corrected chi connectivity index (χ0v) is 14.0. The van der Waals surface area contributed by atoms with Crippen LogP contribution in [0, 0.1) is 0 Å². The summed E-state index contributed by atoms with van der Waals surface area (Å²) in [6.45, 7) is 0. The number of rotatable bonds is 5. The van der Waals surface area contributed by atoms with E-state index in [-0.39, 0.29) is 5.56 Å². The van der Waals surface area contributed by atoms with Gasteiger partial charge in [0.25, 0.3) is 5.91 Å². The van der Waals surface area contributed by atoms with Crippen molar-refractivity contribution < 1.29 is 19.4 Å². The molecule has 130 valence electrons. The summed E-state index contributed by atoms with van der Waals surface area (Å²) in [5.41, 5.74) is 3.69. The van der Waals surface area contributed by atoms with Crippen LogP contribution in [0.5, 0.6) is 5.75 Å². The lowest BCUT2D eigenvalue weighted by molar-refractivity contribution is 0.0696. The molecule has 0 aliphatic rings. The average molecular weight is 348 g/mol. The second-order valence-corrected chi connectivity index (χ2v) is 5.53. The Hall–Kier alpha value is -3.67. The van der Waals surface area contributed by atoms with Gasteiger partial charge in [-0.15, -0.1) is 0 Å². The number of carbonyl (C=O) groups is 2. The van der Waals surface area contributed by atoms with Crippen molar-refractivity contribution in [2.24, 2.45) is 5.10 Å². The van der Waals surface area contributed by atoms with Crippen LogP contribution in [0.3, 0.4) is 0 Å². The van der Waals surface area contributed by atoms with E-state index in [4.69, 9.17) is 9.84 Å². The van der Waals surface area contributed by atoms with Crippen LogP contribution in [0.4, 0.5) is 0 Å². The number of nitrogens with one attached hydrogen (secondary N) is 1. The molecule has 0 radical (unpaired) electrons. The summed E-state index contributed by atoms with van der Waals surface area (Å²) in [5.74, 6) is -0.932. The maximum Gasteiger partial charge on any atom is 0.335 e. The number of hydrogen-bond donors (Lipinski definition) is 2. The first kappa shape index (κ1) is 17.2. The molecule has 6 heteroatoms. The Labute approximate surface area is 149 Å². The summed E-state index contributed by atoms with van der Waals surface area (Å²) in [4.78, 5) is 23.2. The van der Waals surface area contributed by atoms with Crippen molar-refractivity contribution >= 4 is 28.9 Å². The molecule has 0 aliphatic heterocycles. The molecule has 3 aromatic rings. The zero-order valence-electron chi connectivity index (χ0n) is 14.0. The summed E-state index contributed by atoms with van der Waals surface area (Å²) in [7, 11) is 1.51. The Morgan fingerprint density at radius 1 is 1.04 bits per heavy atom. The Balaban J connectivity index is 1.77. The number of carboxylic acids is 1. The van der Waals surface area contributed by atoms with Crippen molar-refractivity contribution in [3.8, 4) is 5.75 Å². The first-order chi connectivity index (χ1) is 12.6. The van der Waals surface area contributed by atoms with Crippen molar-refractivity contribution in [3.05, 3.63) is 77.4 Å². The highest BCUT2D eigenvalue weighted by Crippen LogP contribution is 2.25. The van der Waals surface area contributed by atoms with Gasteiger partial charge < -0.3 is 9.84 Å². The number of ether oxygens (including phenoxy) is 1. The van der Waals surface area contributed by atoms with Crippen LogP contribution in [-0.2, 0) is 0 Å². The zero-order chi connectivity index (χ0) is 18.5. The van der Waals surface area contributed by atoms with E-state index in [2.05, 4.69) is 10.5 Å². The number of hydrazone groups is 1. The van der Waals surface area contributed by atoms with Crippen molar-refractivity contribution in [3.63, 3.8) is 0 Å². The molecule has 6 nitrogen and oxygen atoms in total. The highest BCUT2D eigenvalue weighted by molar-refractivity contribution is 6.02. The van der Waals surface area contributed by atoms with Crippen LogP contribution >= 0.6 is 0 Å². The third-order valence-electron chi connectivity index (χ3n) is 3.85. The first-order valence-corrected chi connectivity index (χ1v) is 7.82. The number of carbonyl (C=O) groups excluding carboxylic acids is 1. The van der Waals surface area contributed by atoms with Gasteiger partial charge in [-0.05, 0) is 40.6 Å². The normalized spacial score (nSPS) is 10.8. The van der Waals surface area contributed by atoms with E-state index in [1.54, 1.807) is 24.3 Å². The van der Waals surface area contributed by atoms with E-state index in [0.29, 0.717) is 16.9 Å². The van der Waals surface area contributed by atoms with Crippen molar-refractivity contribution in [2.45, 2.75) is 0 Å². The lowest BCUT2D eigenvalue weighted by Crippen LogP contribution is -2.18. The molecule has 0 atom stereocenters. The van der Waals surface area contributed by atoms with Gasteiger partial charge in [-0.3, -0.25) is 4.79 Å². The highest BCUT2D eigenvalue weighted by atomic mass is 16.5. The van der Waals surface area contributed by atoms with Crippen LogP contribution in [0.25, 0.3) is 10.8 Å². The molecule has 0 heterocycles. The molecule has 26 heavy (non-hydrogen) atoms. The predicted octanol–water partition coefficient (Wildman–Crippen LogP) is 3.31. The molecular formula is C20H16N2O4. The van der Waals surface area contributed by atoms with Gasteiger partial charge in [0.1, 0.15) is 5.75 Å². The van der Waals surface area contributed by atoms with Gasteiger partial charge in [0.05, 0.1) is 24.5 Å². The monoisotopic (exact) mass is 348 g/mol. The van der Waals surface area contributed by atoms with Gasteiger partial charge in [-0.2, -0.15) is 5.10 Å². The second kappa shape index (κ2) is 7.48. The van der Waals surface area contributed by atoms with Crippen molar-refractivity contribution in [2.75, 3.05) is 7.11 Å². The maximum absolute atomic E-state index is 12.4. The standard InChI is InChI=1S/C20H16N2O4/c1-26-18-11-16-5-3-2-4-15(16)10-17(18)19(23)22-21-12-13-6-8-14(9-7-13)20(24)25/h2-12H,1H3,(H,22,23)(H,24,25)/b21-12+. The number of nitrogens with zero attached hydrogens (tertiary/aromatic N) is 1. The van der Waals surface area contributed by atoms with Gasteiger partial charge in [-0.25, -0.2) is 10.2 Å². The third-order valence-corrected chi connectivity index (χ3v) is 3.85. The van der Waals surface area contributed by atoms with Gasteiger partial charge in [0, 0.05) is 0 Å². The minimum absolute atomic E-state index is 0.187. The molecule has 0 aliphatic carbocycles. The topological polar surface area (TPSA) is 88.0 Å². The van der Waals surface area contributed by atoms with Crippen molar-refractivity contribution in [1.82, 2.24) is 5.43 Å². The van der Waals surface area contributed by atoms with Crippen LogP contribution in [0.15, 0.2) is 65.8 Å². The van der Waals surface area contributed by atoms with Crippen molar-refractivity contribution in [1.29, 1.82) is 0 Å². The summed E-state index contributed by atoms with van der Waals surface area (Å²) >= 11 is 0. The predicted molar refractivity (Wildman–Crippen MR) is 99.0 cm³/mol. The molecule has 0 spiro atoms. The quantitative estimate of drug-likeness (QED) is 0.547. The van der Waals surface area contributed by atoms with Gasteiger partial charge in [0.2, 0.25) is 0 Å². The van der Waals surface area contributed by atoms with E-state index in [9.17, 15) is 9.59 Å². The van der Waals surface area contributed by atoms with Gasteiger partial charge >= 0.3 is 5.97 Å². The van der Waals surface area contributed by atoms with Crippen LogP contribution < -0.4 is 10.2 Å². The van der Waals surface area contributed by atoms with Crippen LogP contribution in [-0.4, -0.2) is 30.3 Å². The van der Waals surface area contributed by atoms with Crippen LogP contribution in [0.2, 0.25) is 0 Å². The number of aromatic carboxylic acids is 1. The molecule has 0 bridgehead atoms. The van der Waals surface area contributed by atoms with E-state index in [1.807, 2.05) is 24.3 Å². The largest absolute Gasteiger partial charge is 0.496 e. The summed E-state index contributed by atoms with van der Waals surface area (Å²) < 4.78 is 5.31. The number of benzene rings is 3.